The van der Waals surface area contributed by atoms with Crippen molar-refractivity contribution < 1.29 is 4.74 Å². The fourth-order valence-electron chi connectivity index (χ4n) is 2.78. The van der Waals surface area contributed by atoms with Gasteiger partial charge in [-0.15, -0.1) is 0 Å². The van der Waals surface area contributed by atoms with Crippen LogP contribution in [0.5, 0.6) is 0 Å². The molecule has 0 aliphatic carbocycles. The normalized spacial score (nSPS) is 25.9. The lowest BCUT2D eigenvalue weighted by molar-refractivity contribution is 0.0286. The van der Waals surface area contributed by atoms with Crippen LogP contribution in [0.3, 0.4) is 0 Å². The summed E-state index contributed by atoms with van der Waals surface area (Å²) in [6, 6.07) is 0. The quantitative estimate of drug-likeness (QED) is 0.741. The Balaban J connectivity index is 1.87. The zero-order valence-electron chi connectivity index (χ0n) is 9.28. The van der Waals surface area contributed by atoms with Gasteiger partial charge in [-0.05, 0) is 18.4 Å². The molecule has 0 saturated carbocycles. The van der Waals surface area contributed by atoms with Gasteiger partial charge in [0.15, 0.2) is 5.82 Å². The molecule has 0 amide bonds. The minimum atomic E-state index is 0.188. The molecular weight excluding hydrogens is 216 g/mol. The van der Waals surface area contributed by atoms with E-state index in [1.807, 2.05) is 10.9 Å². The zero-order chi connectivity index (χ0) is 11.2. The second-order valence-electron chi connectivity index (χ2n) is 4.56. The number of nitrogens with zero attached hydrogens (tertiary/aromatic N) is 4. The first kappa shape index (κ1) is 9.30. The highest BCUT2D eigenvalue weighted by Gasteiger charge is 2.37. The Morgan fingerprint density at radius 2 is 2.24 bits per heavy atom. The summed E-state index contributed by atoms with van der Waals surface area (Å²) < 4.78 is 7.80. The van der Waals surface area contributed by atoms with Gasteiger partial charge in [-0.2, -0.15) is 5.10 Å². The first-order valence-electron chi connectivity index (χ1n) is 5.90. The van der Waals surface area contributed by atoms with E-state index in [1.54, 1.807) is 18.6 Å². The molecule has 2 aliphatic heterocycles. The average Bonchev–Trinajstić information content (AvgIpc) is 2.96. The number of fused-ring (bicyclic) bond motifs is 4. The van der Waals surface area contributed by atoms with Crippen LogP contribution in [0.15, 0.2) is 24.8 Å². The van der Waals surface area contributed by atoms with Crippen molar-refractivity contribution in [3.8, 4) is 5.82 Å². The summed E-state index contributed by atoms with van der Waals surface area (Å²) in [5.41, 5.74) is 2.47. The summed E-state index contributed by atoms with van der Waals surface area (Å²) in [6.07, 6.45) is 10.8. The van der Waals surface area contributed by atoms with Crippen LogP contribution in [0.2, 0.25) is 0 Å². The molecule has 0 spiro atoms. The van der Waals surface area contributed by atoms with E-state index in [-0.39, 0.29) is 6.10 Å². The fourth-order valence-corrected chi connectivity index (χ4v) is 2.78. The Hall–Kier alpha value is -1.75. The molecular formula is C12H12N4O. The van der Waals surface area contributed by atoms with Crippen molar-refractivity contribution in [2.75, 3.05) is 0 Å². The van der Waals surface area contributed by atoms with Gasteiger partial charge in [0, 0.05) is 18.8 Å². The van der Waals surface area contributed by atoms with Gasteiger partial charge in [-0.1, -0.05) is 0 Å². The molecule has 1 fully saturated rings. The third kappa shape index (κ3) is 1.32. The molecule has 0 N–H and O–H groups in total. The summed E-state index contributed by atoms with van der Waals surface area (Å²) in [7, 11) is 0. The maximum atomic E-state index is 5.94. The molecule has 5 nitrogen and oxygen atoms in total. The van der Waals surface area contributed by atoms with Gasteiger partial charge in [0.05, 0.1) is 24.2 Å². The first-order chi connectivity index (χ1) is 8.42. The van der Waals surface area contributed by atoms with Crippen molar-refractivity contribution in [1.29, 1.82) is 0 Å². The molecule has 2 bridgehead atoms. The molecule has 0 aromatic carbocycles. The number of hydrogen-bond donors (Lipinski definition) is 0. The molecule has 1 saturated heterocycles. The molecule has 2 atom stereocenters. The van der Waals surface area contributed by atoms with E-state index in [2.05, 4.69) is 15.1 Å². The van der Waals surface area contributed by atoms with E-state index in [1.165, 1.54) is 11.3 Å². The predicted octanol–water partition coefficient (Wildman–Crippen LogP) is 1.44. The van der Waals surface area contributed by atoms with Gasteiger partial charge in [0.1, 0.15) is 6.10 Å². The van der Waals surface area contributed by atoms with Crippen LogP contribution in [-0.2, 0) is 11.2 Å². The molecule has 2 aliphatic rings. The van der Waals surface area contributed by atoms with Gasteiger partial charge in [0.25, 0.3) is 0 Å². The van der Waals surface area contributed by atoms with Gasteiger partial charge in [-0.25, -0.2) is 9.67 Å². The maximum absolute atomic E-state index is 5.94. The molecule has 17 heavy (non-hydrogen) atoms. The van der Waals surface area contributed by atoms with Gasteiger partial charge < -0.3 is 4.74 Å². The number of aromatic nitrogens is 4. The Morgan fingerprint density at radius 3 is 3.12 bits per heavy atom. The van der Waals surface area contributed by atoms with E-state index in [0.29, 0.717) is 6.10 Å². The first-order valence-corrected chi connectivity index (χ1v) is 5.90. The van der Waals surface area contributed by atoms with Crippen molar-refractivity contribution in [3.05, 3.63) is 36.0 Å². The van der Waals surface area contributed by atoms with Crippen LogP contribution in [0, 0.1) is 0 Å². The van der Waals surface area contributed by atoms with E-state index in [4.69, 9.17) is 4.74 Å². The summed E-state index contributed by atoms with van der Waals surface area (Å²) in [5.74, 6) is 0.766. The van der Waals surface area contributed by atoms with E-state index >= 15 is 0 Å². The fraction of sp³-hybridized carbons (Fsp3) is 0.417. The van der Waals surface area contributed by atoms with Crippen molar-refractivity contribution >= 4 is 0 Å². The van der Waals surface area contributed by atoms with E-state index in [0.717, 1.165) is 25.1 Å². The molecule has 86 valence electrons. The predicted molar refractivity (Wildman–Crippen MR) is 59.7 cm³/mol. The number of rotatable bonds is 1. The number of ether oxygens (including phenoxy) is 1. The standard InChI is InChI=1S/C12H12N4O/c1-2-10-12-8(5-9(1)17-10)6-15-16(12)11-7-13-3-4-14-11/h3-4,6-7,9-10H,1-2,5H2. The van der Waals surface area contributed by atoms with Crippen molar-refractivity contribution in [2.45, 2.75) is 31.5 Å². The smallest absolute Gasteiger partial charge is 0.172 e. The Labute approximate surface area is 98.5 Å². The average molecular weight is 228 g/mol. The SMILES string of the molecule is c1cnc(-n2ncc3c2C2CCC(C3)O2)cn1. The lowest BCUT2D eigenvalue weighted by Crippen LogP contribution is -2.19. The van der Waals surface area contributed by atoms with Crippen LogP contribution in [-0.4, -0.2) is 25.9 Å². The Kier molecular flexibility index (Phi) is 1.84. The summed E-state index contributed by atoms with van der Waals surface area (Å²) in [5, 5.41) is 4.42. The van der Waals surface area contributed by atoms with Crippen LogP contribution >= 0.6 is 0 Å². The Morgan fingerprint density at radius 1 is 1.24 bits per heavy atom. The lowest BCUT2D eigenvalue weighted by atomic mass is 10.1. The highest BCUT2D eigenvalue weighted by molar-refractivity contribution is 5.32. The topological polar surface area (TPSA) is 52.8 Å². The lowest BCUT2D eigenvalue weighted by Gasteiger charge is -2.21. The molecule has 5 heteroatoms. The van der Waals surface area contributed by atoms with E-state index < -0.39 is 0 Å². The van der Waals surface area contributed by atoms with Crippen molar-refractivity contribution in [2.24, 2.45) is 0 Å². The van der Waals surface area contributed by atoms with Crippen LogP contribution in [0.25, 0.3) is 5.82 Å². The molecule has 4 heterocycles. The molecule has 2 aromatic rings. The van der Waals surface area contributed by atoms with Crippen LogP contribution in [0.4, 0.5) is 0 Å². The van der Waals surface area contributed by atoms with Crippen molar-refractivity contribution in [3.63, 3.8) is 0 Å². The van der Waals surface area contributed by atoms with Crippen LogP contribution in [0.1, 0.15) is 30.2 Å². The highest BCUT2D eigenvalue weighted by Crippen LogP contribution is 2.41. The van der Waals surface area contributed by atoms with Gasteiger partial charge in [0.2, 0.25) is 0 Å². The highest BCUT2D eigenvalue weighted by atomic mass is 16.5. The second kappa shape index (κ2) is 3.37. The maximum Gasteiger partial charge on any atom is 0.172 e. The zero-order valence-corrected chi connectivity index (χ0v) is 9.28. The minimum absolute atomic E-state index is 0.188. The minimum Gasteiger partial charge on any atom is -0.368 e. The van der Waals surface area contributed by atoms with Crippen LogP contribution < -0.4 is 0 Å². The molecule has 4 rings (SSSR count). The van der Waals surface area contributed by atoms with Gasteiger partial charge in [-0.3, -0.25) is 4.98 Å². The molecule has 2 aromatic heterocycles. The second-order valence-corrected chi connectivity index (χ2v) is 4.56. The summed E-state index contributed by atoms with van der Waals surface area (Å²) in [6.45, 7) is 0. The largest absolute Gasteiger partial charge is 0.368 e. The molecule has 0 radical (unpaired) electrons. The summed E-state index contributed by atoms with van der Waals surface area (Å²) >= 11 is 0. The van der Waals surface area contributed by atoms with Gasteiger partial charge >= 0.3 is 0 Å². The van der Waals surface area contributed by atoms with E-state index in [9.17, 15) is 0 Å². The Bertz CT molecular complexity index is 551. The molecule has 2 unspecified atom stereocenters. The summed E-state index contributed by atoms with van der Waals surface area (Å²) in [4.78, 5) is 8.38. The number of hydrogen-bond acceptors (Lipinski definition) is 4. The third-order valence-electron chi connectivity index (χ3n) is 3.51. The van der Waals surface area contributed by atoms with Crippen molar-refractivity contribution in [1.82, 2.24) is 19.7 Å². The third-order valence-corrected chi connectivity index (χ3v) is 3.51. The monoisotopic (exact) mass is 228 g/mol.